The van der Waals surface area contributed by atoms with Crippen LogP contribution in [0.25, 0.3) is 0 Å². The standard InChI is InChI=1S/C18H22FN3O6S3/c1-13(21-30(24,25)16-5-2-14(19)3-6-16)18(23)20-12-15-4-7-17(29-15)31(26,27)22-8-10-28-11-9-22/h2-7,13,21H,8-12H2,1H3,(H,20,23)/t13-/m1/s1. The minimum absolute atomic E-state index is 0.0464. The van der Waals surface area contributed by atoms with Crippen molar-refractivity contribution >= 4 is 37.3 Å². The molecule has 2 aromatic rings. The molecule has 1 aliphatic rings. The molecule has 2 heterocycles. The number of morpholine rings is 1. The minimum atomic E-state index is -4.00. The smallest absolute Gasteiger partial charge is 0.252 e. The van der Waals surface area contributed by atoms with Crippen LogP contribution >= 0.6 is 11.3 Å². The number of hydrogen-bond acceptors (Lipinski definition) is 7. The van der Waals surface area contributed by atoms with Gasteiger partial charge in [-0.15, -0.1) is 11.3 Å². The molecule has 1 saturated heterocycles. The molecule has 0 unspecified atom stereocenters. The minimum Gasteiger partial charge on any atom is -0.379 e. The van der Waals surface area contributed by atoms with Gasteiger partial charge in [0.1, 0.15) is 10.0 Å². The first-order chi connectivity index (χ1) is 14.6. The zero-order valence-electron chi connectivity index (χ0n) is 16.6. The molecule has 13 heteroatoms. The summed E-state index contributed by atoms with van der Waals surface area (Å²) in [7, 11) is -7.61. The van der Waals surface area contributed by atoms with Crippen LogP contribution in [-0.2, 0) is 36.1 Å². The van der Waals surface area contributed by atoms with E-state index in [-0.39, 0.29) is 28.7 Å². The molecule has 170 valence electrons. The van der Waals surface area contributed by atoms with Crippen molar-refractivity contribution in [3.8, 4) is 0 Å². The van der Waals surface area contributed by atoms with Crippen molar-refractivity contribution < 1.29 is 30.8 Å². The molecule has 31 heavy (non-hydrogen) atoms. The summed E-state index contributed by atoms with van der Waals surface area (Å²) in [5.41, 5.74) is 0. The van der Waals surface area contributed by atoms with E-state index in [9.17, 15) is 26.0 Å². The SMILES string of the molecule is C[C@@H](NS(=O)(=O)c1ccc(F)cc1)C(=O)NCc1ccc(S(=O)(=O)N2CCOCC2)s1. The second-order valence-electron chi connectivity index (χ2n) is 6.75. The molecule has 0 spiro atoms. The first-order valence-corrected chi connectivity index (χ1v) is 13.1. The van der Waals surface area contributed by atoms with Crippen molar-refractivity contribution in [1.29, 1.82) is 0 Å². The van der Waals surface area contributed by atoms with Crippen molar-refractivity contribution in [3.63, 3.8) is 0 Å². The average molecular weight is 492 g/mol. The average Bonchev–Trinajstić information content (AvgIpc) is 3.22. The lowest BCUT2D eigenvalue weighted by Gasteiger charge is -2.25. The molecule has 0 radical (unpaired) electrons. The highest BCUT2D eigenvalue weighted by atomic mass is 32.2. The molecule has 1 aromatic carbocycles. The number of ether oxygens (including phenoxy) is 1. The van der Waals surface area contributed by atoms with Gasteiger partial charge in [-0.1, -0.05) is 0 Å². The second-order valence-corrected chi connectivity index (χ2v) is 11.8. The van der Waals surface area contributed by atoms with E-state index in [0.717, 1.165) is 35.6 Å². The van der Waals surface area contributed by atoms with Gasteiger partial charge in [0.05, 0.1) is 30.7 Å². The van der Waals surface area contributed by atoms with E-state index >= 15 is 0 Å². The number of rotatable bonds is 8. The Labute approximate surface area is 184 Å². The van der Waals surface area contributed by atoms with Crippen LogP contribution in [0.4, 0.5) is 4.39 Å². The summed E-state index contributed by atoms with van der Waals surface area (Å²) in [4.78, 5) is 12.7. The molecule has 1 atom stereocenters. The van der Waals surface area contributed by atoms with Crippen LogP contribution < -0.4 is 10.0 Å². The Morgan fingerprint density at radius 3 is 2.42 bits per heavy atom. The Hall–Kier alpha value is -1.90. The maximum atomic E-state index is 13.0. The lowest BCUT2D eigenvalue weighted by atomic mass is 10.3. The molecule has 2 N–H and O–H groups in total. The van der Waals surface area contributed by atoms with E-state index < -0.39 is 37.8 Å². The molecule has 9 nitrogen and oxygen atoms in total. The number of nitrogens with one attached hydrogen (secondary N) is 2. The number of nitrogens with zero attached hydrogens (tertiary/aromatic N) is 1. The van der Waals surface area contributed by atoms with E-state index in [1.165, 1.54) is 17.3 Å². The monoisotopic (exact) mass is 491 g/mol. The second kappa shape index (κ2) is 9.71. The molecular formula is C18H22FN3O6S3. The largest absolute Gasteiger partial charge is 0.379 e. The summed E-state index contributed by atoms with van der Waals surface area (Å²) in [6.45, 7) is 2.69. The van der Waals surface area contributed by atoms with Gasteiger partial charge in [0.2, 0.25) is 15.9 Å². The van der Waals surface area contributed by atoms with Crippen molar-refractivity contribution in [2.24, 2.45) is 0 Å². The number of thiophene rings is 1. The highest BCUT2D eigenvalue weighted by molar-refractivity contribution is 7.91. The predicted molar refractivity (Wildman–Crippen MR) is 112 cm³/mol. The van der Waals surface area contributed by atoms with E-state index in [1.807, 2.05) is 0 Å². The predicted octanol–water partition coefficient (Wildman–Crippen LogP) is 0.891. The Morgan fingerprint density at radius 2 is 1.77 bits per heavy atom. The molecule has 3 rings (SSSR count). The lowest BCUT2D eigenvalue weighted by Crippen LogP contribution is -2.44. The van der Waals surface area contributed by atoms with Gasteiger partial charge in [0.25, 0.3) is 10.0 Å². The van der Waals surface area contributed by atoms with Crippen molar-refractivity contribution in [3.05, 3.63) is 47.1 Å². The maximum Gasteiger partial charge on any atom is 0.252 e. The number of carbonyl (C=O) groups is 1. The lowest BCUT2D eigenvalue weighted by molar-refractivity contribution is -0.122. The van der Waals surface area contributed by atoms with Gasteiger partial charge in [-0.25, -0.2) is 21.2 Å². The van der Waals surface area contributed by atoms with Gasteiger partial charge in [-0.05, 0) is 43.3 Å². The number of carbonyl (C=O) groups excluding carboxylic acids is 1. The molecule has 0 saturated carbocycles. The quantitative estimate of drug-likeness (QED) is 0.566. The van der Waals surface area contributed by atoms with Gasteiger partial charge in [-0.3, -0.25) is 4.79 Å². The number of amides is 1. The molecule has 0 bridgehead atoms. The molecule has 1 amide bonds. The number of halogens is 1. The third-order valence-electron chi connectivity index (χ3n) is 4.49. The third kappa shape index (κ3) is 5.87. The highest BCUT2D eigenvalue weighted by Gasteiger charge is 2.28. The number of sulfonamides is 2. The van der Waals surface area contributed by atoms with Crippen molar-refractivity contribution in [2.75, 3.05) is 26.3 Å². The Kier molecular flexibility index (Phi) is 7.44. The van der Waals surface area contributed by atoms with Crippen LogP contribution in [0, 0.1) is 5.82 Å². The summed E-state index contributed by atoms with van der Waals surface area (Å²) in [5.74, 6) is -1.16. The molecule has 0 aliphatic carbocycles. The van der Waals surface area contributed by atoms with Crippen LogP contribution in [0.2, 0.25) is 0 Å². The normalized spacial score (nSPS) is 16.7. The first-order valence-electron chi connectivity index (χ1n) is 9.32. The van der Waals surface area contributed by atoms with E-state index in [1.54, 1.807) is 6.07 Å². The third-order valence-corrected chi connectivity index (χ3v) is 9.50. The van der Waals surface area contributed by atoms with Crippen molar-refractivity contribution in [2.45, 2.75) is 28.6 Å². The summed E-state index contributed by atoms with van der Waals surface area (Å²) >= 11 is 1.04. The summed E-state index contributed by atoms with van der Waals surface area (Å²) in [6.07, 6.45) is 0. The van der Waals surface area contributed by atoms with Gasteiger partial charge in [0, 0.05) is 18.0 Å². The fourth-order valence-corrected chi connectivity index (χ4v) is 6.86. The molecular weight excluding hydrogens is 469 g/mol. The van der Waals surface area contributed by atoms with Crippen LogP contribution in [-0.4, -0.2) is 59.4 Å². The Morgan fingerprint density at radius 1 is 1.13 bits per heavy atom. The van der Waals surface area contributed by atoms with E-state index in [0.29, 0.717) is 18.1 Å². The van der Waals surface area contributed by atoms with Gasteiger partial charge >= 0.3 is 0 Å². The molecule has 1 aliphatic heterocycles. The summed E-state index contributed by atoms with van der Waals surface area (Å²) in [5, 5.41) is 2.58. The zero-order valence-corrected chi connectivity index (χ0v) is 19.0. The summed E-state index contributed by atoms with van der Waals surface area (Å²) < 4.78 is 71.8. The van der Waals surface area contributed by atoms with Gasteiger partial charge in [-0.2, -0.15) is 9.03 Å². The van der Waals surface area contributed by atoms with Crippen molar-refractivity contribution in [1.82, 2.24) is 14.3 Å². The van der Waals surface area contributed by atoms with Crippen LogP contribution in [0.3, 0.4) is 0 Å². The van der Waals surface area contributed by atoms with Gasteiger partial charge < -0.3 is 10.1 Å². The van der Waals surface area contributed by atoms with Crippen LogP contribution in [0.1, 0.15) is 11.8 Å². The maximum absolute atomic E-state index is 13.0. The number of hydrogen-bond donors (Lipinski definition) is 2. The summed E-state index contributed by atoms with van der Waals surface area (Å²) in [6, 6.07) is 6.22. The first kappa shape index (κ1) is 23.8. The molecule has 1 aromatic heterocycles. The van der Waals surface area contributed by atoms with E-state index in [4.69, 9.17) is 4.74 Å². The fourth-order valence-electron chi connectivity index (χ4n) is 2.80. The van der Waals surface area contributed by atoms with Crippen LogP contribution in [0.5, 0.6) is 0 Å². The zero-order chi connectivity index (χ0) is 22.6. The highest BCUT2D eigenvalue weighted by Crippen LogP contribution is 2.25. The Bertz CT molecular complexity index is 1130. The van der Waals surface area contributed by atoms with Crippen LogP contribution in [0.15, 0.2) is 45.5 Å². The molecule has 1 fully saturated rings. The van der Waals surface area contributed by atoms with E-state index in [2.05, 4.69) is 10.0 Å². The Balaban J connectivity index is 1.57. The topological polar surface area (TPSA) is 122 Å². The van der Waals surface area contributed by atoms with Gasteiger partial charge in [0.15, 0.2) is 0 Å². The fraction of sp³-hybridized carbons (Fsp3) is 0.389. The number of benzene rings is 1.